The average Bonchev–Trinajstić information content (AvgIpc) is 3.46. The summed E-state index contributed by atoms with van der Waals surface area (Å²) in [6, 6.07) is 10.7. The number of aliphatic hydroxyl groups is 1. The van der Waals surface area contributed by atoms with Crippen LogP contribution in [-0.4, -0.2) is 34.3 Å². The van der Waals surface area contributed by atoms with E-state index in [2.05, 4.69) is 48.3 Å². The summed E-state index contributed by atoms with van der Waals surface area (Å²) in [6.45, 7) is 8.44. The molecule has 26 heavy (non-hydrogen) atoms. The number of aliphatic hydroxyl groups excluding tert-OH is 1. The topological polar surface area (TPSA) is 61.3 Å². The molecule has 2 heterocycles. The predicted molar refractivity (Wildman–Crippen MR) is 105 cm³/mol. The molecule has 2 N–H and O–H groups in total. The Morgan fingerprint density at radius 2 is 2.04 bits per heavy atom. The third-order valence-electron chi connectivity index (χ3n) is 5.36. The van der Waals surface area contributed by atoms with Crippen LogP contribution in [0.5, 0.6) is 0 Å². The molecule has 2 aliphatic rings. The van der Waals surface area contributed by atoms with Crippen LogP contribution in [0, 0.1) is 0 Å². The van der Waals surface area contributed by atoms with Crippen molar-refractivity contribution in [2.24, 2.45) is 0 Å². The van der Waals surface area contributed by atoms with Crippen molar-refractivity contribution in [2.75, 3.05) is 23.4 Å². The zero-order valence-electron chi connectivity index (χ0n) is 15.9. The van der Waals surface area contributed by atoms with Gasteiger partial charge in [0, 0.05) is 36.5 Å². The first-order valence-electron chi connectivity index (χ1n) is 9.56. The van der Waals surface area contributed by atoms with Gasteiger partial charge in [-0.05, 0) is 30.9 Å². The first-order chi connectivity index (χ1) is 12.5. The molecule has 0 saturated heterocycles. The maximum absolute atomic E-state index is 9.37. The lowest BCUT2D eigenvalue weighted by molar-refractivity contribution is 0.281. The van der Waals surface area contributed by atoms with Crippen LogP contribution in [0.4, 0.5) is 11.6 Å². The molecule has 1 aromatic carbocycles. The Morgan fingerprint density at radius 3 is 2.77 bits per heavy atom. The minimum Gasteiger partial charge on any atom is -0.394 e. The Labute approximate surface area is 155 Å². The molecule has 4 rings (SSSR count). The maximum atomic E-state index is 9.37. The number of nitrogens with one attached hydrogen (secondary N) is 1. The van der Waals surface area contributed by atoms with Crippen LogP contribution >= 0.6 is 0 Å². The number of nitrogens with zero attached hydrogens (tertiary/aromatic N) is 3. The lowest BCUT2D eigenvalue weighted by Crippen LogP contribution is -2.42. The molecule has 1 fully saturated rings. The first kappa shape index (κ1) is 17.3. The van der Waals surface area contributed by atoms with Crippen LogP contribution in [-0.2, 0) is 12.0 Å². The van der Waals surface area contributed by atoms with Crippen molar-refractivity contribution in [1.82, 2.24) is 9.97 Å². The highest BCUT2D eigenvalue weighted by Crippen LogP contribution is 2.40. The molecule has 5 nitrogen and oxygen atoms in total. The van der Waals surface area contributed by atoms with Gasteiger partial charge in [-0.3, -0.25) is 0 Å². The van der Waals surface area contributed by atoms with E-state index in [1.807, 2.05) is 13.0 Å². The number of benzene rings is 1. The predicted octanol–water partition coefficient (Wildman–Crippen LogP) is 3.44. The number of fused-ring (bicyclic) bond motifs is 1. The van der Waals surface area contributed by atoms with Crippen molar-refractivity contribution < 1.29 is 5.11 Å². The summed E-state index contributed by atoms with van der Waals surface area (Å²) in [5.74, 6) is 3.23. The Kier molecular flexibility index (Phi) is 4.35. The maximum Gasteiger partial charge on any atom is 0.136 e. The standard InChI is InChI=1S/C21H28N4O/c1-14(12-26)22-18-10-19(24-20(23-18)15-8-9-15)25-11-16-6-4-5-7-17(16)21(2,3)13-25/h4-7,10,14-15,26H,8-9,11-13H2,1-3H3,(H,22,23,24)/t14-/m0/s1. The van der Waals surface area contributed by atoms with E-state index < -0.39 is 0 Å². The van der Waals surface area contributed by atoms with E-state index in [0.29, 0.717) is 5.92 Å². The molecule has 0 radical (unpaired) electrons. The van der Waals surface area contributed by atoms with Crippen LogP contribution in [0.15, 0.2) is 30.3 Å². The number of anilines is 2. The lowest BCUT2D eigenvalue weighted by Gasteiger charge is -2.40. The van der Waals surface area contributed by atoms with Crippen LogP contribution in [0.3, 0.4) is 0 Å². The minimum atomic E-state index is -0.0247. The van der Waals surface area contributed by atoms with Crippen molar-refractivity contribution in [3.05, 3.63) is 47.3 Å². The number of hydrogen-bond donors (Lipinski definition) is 2. The highest BCUT2D eigenvalue weighted by Gasteiger charge is 2.33. The van der Waals surface area contributed by atoms with Crippen molar-refractivity contribution in [3.8, 4) is 0 Å². The molecule has 0 bridgehead atoms. The highest BCUT2D eigenvalue weighted by molar-refractivity contribution is 5.54. The van der Waals surface area contributed by atoms with E-state index in [1.54, 1.807) is 0 Å². The molecule has 1 aromatic heterocycles. The summed E-state index contributed by atoms with van der Waals surface area (Å²) >= 11 is 0. The SMILES string of the molecule is C[C@@H](CO)Nc1cc(N2Cc3ccccc3C(C)(C)C2)nc(C2CC2)n1. The number of hydrogen-bond acceptors (Lipinski definition) is 5. The van der Waals surface area contributed by atoms with Gasteiger partial charge in [0.2, 0.25) is 0 Å². The summed E-state index contributed by atoms with van der Waals surface area (Å²) in [5.41, 5.74) is 2.87. The van der Waals surface area contributed by atoms with E-state index in [0.717, 1.165) is 30.5 Å². The van der Waals surface area contributed by atoms with Crippen LogP contribution in [0.2, 0.25) is 0 Å². The molecule has 5 heteroatoms. The quantitative estimate of drug-likeness (QED) is 0.863. The zero-order chi connectivity index (χ0) is 18.3. The van der Waals surface area contributed by atoms with Crippen LogP contribution in [0.1, 0.15) is 56.5 Å². The van der Waals surface area contributed by atoms with Crippen molar-refractivity contribution in [1.29, 1.82) is 0 Å². The van der Waals surface area contributed by atoms with Crippen molar-refractivity contribution in [2.45, 2.75) is 57.5 Å². The van der Waals surface area contributed by atoms with Gasteiger partial charge in [0.1, 0.15) is 17.5 Å². The van der Waals surface area contributed by atoms with Gasteiger partial charge < -0.3 is 15.3 Å². The molecule has 0 spiro atoms. The monoisotopic (exact) mass is 352 g/mol. The normalized spacial score (nSPS) is 19.8. The van der Waals surface area contributed by atoms with Gasteiger partial charge in [-0.25, -0.2) is 9.97 Å². The van der Waals surface area contributed by atoms with Crippen molar-refractivity contribution in [3.63, 3.8) is 0 Å². The average molecular weight is 352 g/mol. The third kappa shape index (κ3) is 3.40. The molecule has 1 aliphatic carbocycles. The summed E-state index contributed by atoms with van der Waals surface area (Å²) in [5, 5.41) is 12.7. The van der Waals surface area contributed by atoms with Gasteiger partial charge in [0.15, 0.2) is 0 Å². The molecular weight excluding hydrogens is 324 g/mol. The fourth-order valence-corrected chi connectivity index (χ4v) is 3.82. The second kappa shape index (κ2) is 6.54. The largest absolute Gasteiger partial charge is 0.394 e. The molecule has 0 amide bonds. The fourth-order valence-electron chi connectivity index (χ4n) is 3.82. The third-order valence-corrected chi connectivity index (χ3v) is 5.36. The molecule has 0 unspecified atom stereocenters. The number of rotatable bonds is 5. The summed E-state index contributed by atoms with van der Waals surface area (Å²) in [6.07, 6.45) is 2.35. The summed E-state index contributed by atoms with van der Waals surface area (Å²) in [4.78, 5) is 12.0. The van der Waals surface area contributed by atoms with E-state index in [9.17, 15) is 5.11 Å². The molecule has 2 aromatic rings. The molecule has 138 valence electrons. The van der Waals surface area contributed by atoms with Crippen LogP contribution in [0.25, 0.3) is 0 Å². The summed E-state index contributed by atoms with van der Waals surface area (Å²) in [7, 11) is 0. The van der Waals surface area contributed by atoms with Gasteiger partial charge in [0.05, 0.1) is 6.61 Å². The fraction of sp³-hybridized carbons (Fsp3) is 0.524. The Balaban J connectivity index is 1.69. The van der Waals surface area contributed by atoms with Crippen molar-refractivity contribution >= 4 is 11.6 Å². The van der Waals surface area contributed by atoms with Gasteiger partial charge in [-0.2, -0.15) is 0 Å². The second-order valence-corrected chi connectivity index (χ2v) is 8.37. The molecular formula is C21H28N4O. The lowest BCUT2D eigenvalue weighted by atomic mass is 9.78. The zero-order valence-corrected chi connectivity index (χ0v) is 15.9. The van der Waals surface area contributed by atoms with E-state index in [1.165, 1.54) is 24.0 Å². The molecule has 1 saturated carbocycles. The first-order valence-corrected chi connectivity index (χ1v) is 9.56. The minimum absolute atomic E-state index is 0.0247. The Bertz CT molecular complexity index is 800. The van der Waals surface area contributed by atoms with E-state index in [4.69, 9.17) is 9.97 Å². The molecule has 1 atom stereocenters. The second-order valence-electron chi connectivity index (χ2n) is 8.37. The Morgan fingerprint density at radius 1 is 1.27 bits per heavy atom. The summed E-state index contributed by atoms with van der Waals surface area (Å²) < 4.78 is 0. The Hall–Kier alpha value is -2.14. The van der Waals surface area contributed by atoms with Gasteiger partial charge in [-0.1, -0.05) is 38.1 Å². The van der Waals surface area contributed by atoms with Crippen LogP contribution < -0.4 is 10.2 Å². The van der Waals surface area contributed by atoms with E-state index >= 15 is 0 Å². The number of aromatic nitrogens is 2. The van der Waals surface area contributed by atoms with Gasteiger partial charge >= 0.3 is 0 Å². The van der Waals surface area contributed by atoms with Gasteiger partial charge in [-0.15, -0.1) is 0 Å². The van der Waals surface area contributed by atoms with E-state index in [-0.39, 0.29) is 18.1 Å². The highest BCUT2D eigenvalue weighted by atomic mass is 16.3. The van der Waals surface area contributed by atoms with Gasteiger partial charge in [0.25, 0.3) is 0 Å². The molecule has 1 aliphatic heterocycles. The smallest absolute Gasteiger partial charge is 0.136 e.